The molecule has 0 aliphatic carbocycles. The van der Waals surface area contributed by atoms with Crippen LogP contribution in [0, 0.1) is 0 Å². The quantitative estimate of drug-likeness (QED) is 0.652. The molecule has 1 amide bonds. The highest BCUT2D eigenvalue weighted by molar-refractivity contribution is 7.15. The summed E-state index contributed by atoms with van der Waals surface area (Å²) in [6.45, 7) is 3.13. The molecule has 116 valence electrons. The lowest BCUT2D eigenvalue weighted by atomic mass is 10.3. The molecule has 1 unspecified atom stereocenters. The summed E-state index contributed by atoms with van der Waals surface area (Å²) >= 11 is 1.04. The highest BCUT2D eigenvalue weighted by atomic mass is 32.1. The van der Waals surface area contributed by atoms with Crippen molar-refractivity contribution >= 4 is 29.0 Å². The van der Waals surface area contributed by atoms with Crippen molar-refractivity contribution in [3.8, 4) is 0 Å². The lowest BCUT2D eigenvalue weighted by Gasteiger charge is -2.12. The SMILES string of the molecule is CC(=O)c1ccc(C(=O)OC(C)C(=O)NCc2ccco2)s1. The average Bonchev–Trinajstić information content (AvgIpc) is 3.15. The van der Waals surface area contributed by atoms with Gasteiger partial charge in [0.15, 0.2) is 11.9 Å². The highest BCUT2D eigenvalue weighted by Gasteiger charge is 2.20. The zero-order valence-corrected chi connectivity index (χ0v) is 12.9. The first-order valence-corrected chi connectivity index (χ1v) is 7.41. The third-order valence-electron chi connectivity index (χ3n) is 2.82. The number of nitrogens with one attached hydrogen (secondary N) is 1. The van der Waals surface area contributed by atoms with Gasteiger partial charge < -0.3 is 14.5 Å². The Balaban J connectivity index is 1.86. The molecule has 0 aliphatic rings. The minimum atomic E-state index is -0.939. The molecule has 7 heteroatoms. The van der Waals surface area contributed by atoms with Gasteiger partial charge in [-0.3, -0.25) is 9.59 Å². The number of Topliss-reactive ketones (excluding diaryl/α,β-unsaturated/α-hetero) is 1. The summed E-state index contributed by atoms with van der Waals surface area (Å²) in [7, 11) is 0. The third-order valence-corrected chi connectivity index (χ3v) is 3.99. The lowest BCUT2D eigenvalue weighted by Crippen LogP contribution is -2.35. The van der Waals surface area contributed by atoms with Crippen LogP contribution in [0.1, 0.15) is 39.0 Å². The molecular formula is C15H15NO5S. The molecule has 22 heavy (non-hydrogen) atoms. The van der Waals surface area contributed by atoms with E-state index in [9.17, 15) is 14.4 Å². The van der Waals surface area contributed by atoms with Gasteiger partial charge in [0.05, 0.1) is 17.7 Å². The standard InChI is InChI=1S/C15H15NO5S/c1-9(17)12-5-6-13(22-12)15(19)21-10(2)14(18)16-8-11-4-3-7-20-11/h3-7,10H,8H2,1-2H3,(H,16,18). The van der Waals surface area contributed by atoms with Crippen molar-refractivity contribution < 1.29 is 23.5 Å². The first-order chi connectivity index (χ1) is 10.5. The van der Waals surface area contributed by atoms with Crippen LogP contribution in [0.15, 0.2) is 34.9 Å². The Hall–Kier alpha value is -2.41. The molecule has 6 nitrogen and oxygen atoms in total. The van der Waals surface area contributed by atoms with Crippen molar-refractivity contribution in [3.63, 3.8) is 0 Å². The van der Waals surface area contributed by atoms with Gasteiger partial charge in [-0.05, 0) is 38.1 Å². The number of ketones is 1. The number of esters is 1. The molecule has 1 N–H and O–H groups in total. The summed E-state index contributed by atoms with van der Waals surface area (Å²) in [4.78, 5) is 35.7. The van der Waals surface area contributed by atoms with Crippen LogP contribution in [0.5, 0.6) is 0 Å². The fraction of sp³-hybridized carbons (Fsp3) is 0.267. The van der Waals surface area contributed by atoms with Crippen LogP contribution in [0.4, 0.5) is 0 Å². The first-order valence-electron chi connectivity index (χ1n) is 6.59. The molecule has 0 saturated carbocycles. The number of ether oxygens (including phenoxy) is 1. The monoisotopic (exact) mass is 321 g/mol. The van der Waals surface area contributed by atoms with Gasteiger partial charge in [0.1, 0.15) is 10.6 Å². The normalized spacial score (nSPS) is 11.7. The molecular weight excluding hydrogens is 306 g/mol. The van der Waals surface area contributed by atoms with Crippen molar-refractivity contribution in [2.24, 2.45) is 0 Å². The summed E-state index contributed by atoms with van der Waals surface area (Å²) in [5.74, 6) is -0.559. The van der Waals surface area contributed by atoms with Crippen molar-refractivity contribution in [3.05, 3.63) is 46.0 Å². The number of carbonyl (C=O) groups is 3. The van der Waals surface area contributed by atoms with Gasteiger partial charge >= 0.3 is 5.97 Å². The van der Waals surface area contributed by atoms with Gasteiger partial charge in [-0.2, -0.15) is 0 Å². The second-order valence-corrected chi connectivity index (χ2v) is 5.65. The topological polar surface area (TPSA) is 85.6 Å². The second kappa shape index (κ2) is 7.04. The van der Waals surface area contributed by atoms with E-state index in [-0.39, 0.29) is 17.2 Å². The minimum Gasteiger partial charge on any atom is -0.467 e. The maximum Gasteiger partial charge on any atom is 0.349 e. The van der Waals surface area contributed by atoms with Crippen LogP contribution in [0.25, 0.3) is 0 Å². The molecule has 0 saturated heterocycles. The van der Waals surface area contributed by atoms with Crippen LogP contribution < -0.4 is 5.32 Å². The van der Waals surface area contributed by atoms with Crippen molar-refractivity contribution in [2.45, 2.75) is 26.5 Å². The molecule has 0 fully saturated rings. The van der Waals surface area contributed by atoms with E-state index >= 15 is 0 Å². The smallest absolute Gasteiger partial charge is 0.349 e. The van der Waals surface area contributed by atoms with E-state index in [0.717, 1.165) is 11.3 Å². The minimum absolute atomic E-state index is 0.117. The van der Waals surface area contributed by atoms with Gasteiger partial charge in [0.2, 0.25) is 0 Å². The van der Waals surface area contributed by atoms with Gasteiger partial charge in [-0.15, -0.1) is 11.3 Å². The summed E-state index contributed by atoms with van der Waals surface area (Å²) < 4.78 is 10.2. The molecule has 2 rings (SSSR count). The van der Waals surface area contributed by atoms with Crippen LogP contribution in [-0.4, -0.2) is 23.8 Å². The number of rotatable bonds is 6. The Bertz CT molecular complexity index is 674. The summed E-state index contributed by atoms with van der Waals surface area (Å²) in [6.07, 6.45) is 0.569. The second-order valence-electron chi connectivity index (χ2n) is 4.56. The number of hydrogen-bond acceptors (Lipinski definition) is 6. The predicted molar refractivity (Wildman–Crippen MR) is 79.8 cm³/mol. The van der Waals surface area contributed by atoms with E-state index in [1.165, 1.54) is 26.2 Å². The third kappa shape index (κ3) is 4.05. The maximum absolute atomic E-state index is 11.9. The molecule has 0 spiro atoms. The summed E-state index contributed by atoms with van der Waals surface area (Å²) in [6, 6.07) is 6.52. The van der Waals surface area contributed by atoms with E-state index in [0.29, 0.717) is 10.6 Å². The molecule has 0 aliphatic heterocycles. The number of furan rings is 1. The fourth-order valence-corrected chi connectivity index (χ4v) is 2.42. The first kappa shape index (κ1) is 16.0. The molecule has 2 aromatic heterocycles. The number of carbonyl (C=O) groups excluding carboxylic acids is 3. The summed E-state index contributed by atoms with van der Waals surface area (Å²) in [5, 5.41) is 2.60. The van der Waals surface area contributed by atoms with E-state index in [1.54, 1.807) is 18.2 Å². The number of amides is 1. The highest BCUT2D eigenvalue weighted by Crippen LogP contribution is 2.18. The summed E-state index contributed by atoms with van der Waals surface area (Å²) in [5.41, 5.74) is 0. The zero-order chi connectivity index (χ0) is 16.1. The Morgan fingerprint density at radius 3 is 2.59 bits per heavy atom. The van der Waals surface area contributed by atoms with Gasteiger partial charge in [0.25, 0.3) is 5.91 Å². The van der Waals surface area contributed by atoms with Crippen LogP contribution >= 0.6 is 11.3 Å². The van der Waals surface area contributed by atoms with Crippen molar-refractivity contribution in [1.29, 1.82) is 0 Å². The van der Waals surface area contributed by atoms with E-state index < -0.39 is 18.0 Å². The van der Waals surface area contributed by atoms with E-state index in [2.05, 4.69) is 5.32 Å². The van der Waals surface area contributed by atoms with Crippen molar-refractivity contribution in [1.82, 2.24) is 5.32 Å². The van der Waals surface area contributed by atoms with Gasteiger partial charge in [-0.25, -0.2) is 4.79 Å². The molecule has 1 atom stereocenters. The largest absolute Gasteiger partial charge is 0.467 e. The maximum atomic E-state index is 11.9. The van der Waals surface area contributed by atoms with Crippen molar-refractivity contribution in [2.75, 3.05) is 0 Å². The van der Waals surface area contributed by atoms with Gasteiger partial charge in [-0.1, -0.05) is 0 Å². The van der Waals surface area contributed by atoms with E-state index in [4.69, 9.17) is 9.15 Å². The Labute approximate surface area is 131 Å². The van der Waals surface area contributed by atoms with Crippen LogP contribution in [0.3, 0.4) is 0 Å². The molecule has 2 heterocycles. The predicted octanol–water partition coefficient (Wildman–Crippen LogP) is 2.41. The zero-order valence-electron chi connectivity index (χ0n) is 12.1. The average molecular weight is 321 g/mol. The van der Waals surface area contributed by atoms with Gasteiger partial charge in [0, 0.05) is 0 Å². The number of thiophene rings is 1. The van der Waals surface area contributed by atoms with Crippen LogP contribution in [-0.2, 0) is 16.1 Å². The molecule has 0 bridgehead atoms. The lowest BCUT2D eigenvalue weighted by molar-refractivity contribution is -0.129. The molecule has 0 radical (unpaired) electrons. The van der Waals surface area contributed by atoms with Crippen LogP contribution in [0.2, 0.25) is 0 Å². The Kier molecular flexibility index (Phi) is 5.11. The Morgan fingerprint density at radius 2 is 2.00 bits per heavy atom. The van der Waals surface area contributed by atoms with E-state index in [1.807, 2.05) is 0 Å². The fourth-order valence-electron chi connectivity index (χ4n) is 1.64. The number of hydrogen-bond donors (Lipinski definition) is 1. The Morgan fingerprint density at radius 1 is 1.27 bits per heavy atom. The molecule has 0 aromatic carbocycles. The molecule has 2 aromatic rings.